The average Bonchev–Trinajstić information content (AvgIpc) is 2.54. The van der Waals surface area contributed by atoms with Gasteiger partial charge in [-0.1, -0.05) is 30.3 Å². The molecule has 2 aromatic carbocycles. The molecule has 1 heterocycles. The zero-order chi connectivity index (χ0) is 14.7. The van der Waals surface area contributed by atoms with Gasteiger partial charge in [0.1, 0.15) is 5.52 Å². The summed E-state index contributed by atoms with van der Waals surface area (Å²) in [5, 5.41) is 8.46. The Balaban J connectivity index is 1.93. The summed E-state index contributed by atoms with van der Waals surface area (Å²) in [4.78, 5) is 6.64. The molecule has 0 aliphatic heterocycles. The third kappa shape index (κ3) is 2.76. The van der Waals surface area contributed by atoms with Crippen molar-refractivity contribution in [1.82, 2.24) is 15.2 Å². The molecule has 0 saturated carbocycles. The van der Waals surface area contributed by atoms with Gasteiger partial charge in [-0.3, -0.25) is 0 Å². The molecule has 0 aliphatic rings. The number of rotatable bonds is 4. The first-order chi connectivity index (χ1) is 10.3. The van der Waals surface area contributed by atoms with Crippen molar-refractivity contribution in [3.05, 3.63) is 54.1 Å². The summed E-state index contributed by atoms with van der Waals surface area (Å²) < 4.78 is 0. The highest BCUT2D eigenvalue weighted by Gasteiger charge is 2.11. The molecule has 106 valence electrons. The van der Waals surface area contributed by atoms with Crippen LogP contribution in [0.25, 0.3) is 11.0 Å². The average molecular weight is 279 g/mol. The van der Waals surface area contributed by atoms with Gasteiger partial charge < -0.3 is 10.6 Å². The van der Waals surface area contributed by atoms with Gasteiger partial charge in [-0.2, -0.15) is 0 Å². The highest BCUT2D eigenvalue weighted by atomic mass is 15.3. The molecule has 5 nitrogen and oxygen atoms in total. The van der Waals surface area contributed by atoms with Gasteiger partial charge >= 0.3 is 0 Å². The number of fused-ring (bicyclic) bond motifs is 1. The van der Waals surface area contributed by atoms with E-state index in [0.29, 0.717) is 12.5 Å². The van der Waals surface area contributed by atoms with Gasteiger partial charge in [-0.25, -0.2) is 4.98 Å². The second-order valence-corrected chi connectivity index (χ2v) is 4.81. The molecule has 0 radical (unpaired) electrons. The van der Waals surface area contributed by atoms with E-state index in [1.54, 1.807) is 0 Å². The summed E-state index contributed by atoms with van der Waals surface area (Å²) in [5.74, 6) is 0.624. The molecule has 21 heavy (non-hydrogen) atoms. The topological polar surface area (TPSA) is 67.9 Å². The van der Waals surface area contributed by atoms with Crippen LogP contribution in [0.15, 0.2) is 48.5 Å². The summed E-state index contributed by atoms with van der Waals surface area (Å²) >= 11 is 0. The molecule has 0 fully saturated rings. The molecule has 2 N–H and O–H groups in total. The van der Waals surface area contributed by atoms with E-state index in [4.69, 9.17) is 5.73 Å². The molecule has 3 aromatic rings. The number of benzene rings is 2. The van der Waals surface area contributed by atoms with Crippen LogP contribution in [0.3, 0.4) is 0 Å². The SMILES string of the molecule is CCN(Cc1ccccc1N)c1nnc2ccccc2n1. The van der Waals surface area contributed by atoms with Gasteiger partial charge in [0, 0.05) is 18.8 Å². The Labute approximate surface area is 123 Å². The Kier molecular flexibility index (Phi) is 3.64. The molecular formula is C16H17N5. The van der Waals surface area contributed by atoms with Crippen molar-refractivity contribution in [3.8, 4) is 0 Å². The van der Waals surface area contributed by atoms with Crippen LogP contribution in [-0.4, -0.2) is 21.7 Å². The second-order valence-electron chi connectivity index (χ2n) is 4.81. The number of aromatic nitrogens is 3. The number of hydrogen-bond acceptors (Lipinski definition) is 5. The maximum atomic E-state index is 6.01. The predicted molar refractivity (Wildman–Crippen MR) is 84.9 cm³/mol. The quantitative estimate of drug-likeness (QED) is 0.744. The van der Waals surface area contributed by atoms with Crippen molar-refractivity contribution in [1.29, 1.82) is 0 Å². The predicted octanol–water partition coefficient (Wildman–Crippen LogP) is 2.63. The van der Waals surface area contributed by atoms with E-state index in [-0.39, 0.29) is 0 Å². The van der Waals surface area contributed by atoms with Crippen molar-refractivity contribution in [2.24, 2.45) is 0 Å². The fourth-order valence-corrected chi connectivity index (χ4v) is 2.21. The Morgan fingerprint density at radius 3 is 2.43 bits per heavy atom. The lowest BCUT2D eigenvalue weighted by Crippen LogP contribution is -2.25. The van der Waals surface area contributed by atoms with Crippen LogP contribution in [0.4, 0.5) is 11.6 Å². The largest absolute Gasteiger partial charge is 0.398 e. The van der Waals surface area contributed by atoms with Crippen molar-refractivity contribution in [3.63, 3.8) is 0 Å². The zero-order valence-corrected chi connectivity index (χ0v) is 11.9. The Morgan fingerprint density at radius 2 is 1.67 bits per heavy atom. The lowest BCUT2D eigenvalue weighted by atomic mass is 10.2. The molecule has 0 saturated heterocycles. The van der Waals surface area contributed by atoms with Gasteiger partial charge in [-0.15, -0.1) is 10.2 Å². The molecule has 1 aromatic heterocycles. The van der Waals surface area contributed by atoms with Crippen molar-refractivity contribution < 1.29 is 0 Å². The number of nitrogens with zero attached hydrogens (tertiary/aromatic N) is 4. The Bertz CT molecular complexity index is 756. The first-order valence-corrected chi connectivity index (χ1v) is 6.95. The van der Waals surface area contributed by atoms with Crippen molar-refractivity contribution in [2.45, 2.75) is 13.5 Å². The summed E-state index contributed by atoms with van der Waals surface area (Å²) in [6, 6.07) is 15.6. The summed E-state index contributed by atoms with van der Waals surface area (Å²) in [7, 11) is 0. The first kappa shape index (κ1) is 13.3. The normalized spacial score (nSPS) is 10.7. The van der Waals surface area contributed by atoms with Crippen LogP contribution < -0.4 is 10.6 Å². The van der Waals surface area contributed by atoms with Crippen molar-refractivity contribution >= 4 is 22.7 Å². The summed E-state index contributed by atoms with van der Waals surface area (Å²) in [6.07, 6.45) is 0. The van der Waals surface area contributed by atoms with E-state index >= 15 is 0 Å². The lowest BCUT2D eigenvalue weighted by Gasteiger charge is -2.21. The van der Waals surface area contributed by atoms with Gasteiger partial charge in [0.05, 0.1) is 5.52 Å². The van der Waals surface area contributed by atoms with Crippen LogP contribution in [0.5, 0.6) is 0 Å². The van der Waals surface area contributed by atoms with E-state index in [1.807, 2.05) is 48.5 Å². The fourth-order valence-electron chi connectivity index (χ4n) is 2.21. The maximum Gasteiger partial charge on any atom is 0.246 e. The van der Waals surface area contributed by atoms with Crippen LogP contribution >= 0.6 is 0 Å². The third-order valence-corrected chi connectivity index (χ3v) is 3.43. The number of hydrogen-bond donors (Lipinski definition) is 1. The number of para-hydroxylation sites is 2. The number of anilines is 2. The highest BCUT2D eigenvalue weighted by Crippen LogP contribution is 2.18. The lowest BCUT2D eigenvalue weighted by molar-refractivity contribution is 0.780. The molecular weight excluding hydrogens is 262 g/mol. The van der Waals surface area contributed by atoms with E-state index < -0.39 is 0 Å². The third-order valence-electron chi connectivity index (χ3n) is 3.43. The molecule has 0 atom stereocenters. The first-order valence-electron chi connectivity index (χ1n) is 6.95. The minimum atomic E-state index is 0.624. The van der Waals surface area contributed by atoms with Crippen LogP contribution in [0.2, 0.25) is 0 Å². The summed E-state index contributed by atoms with van der Waals surface area (Å²) in [5.41, 5.74) is 9.51. The molecule has 0 bridgehead atoms. The highest BCUT2D eigenvalue weighted by molar-refractivity contribution is 5.74. The van der Waals surface area contributed by atoms with E-state index in [2.05, 4.69) is 27.0 Å². The van der Waals surface area contributed by atoms with Gasteiger partial charge in [0.15, 0.2) is 0 Å². The van der Waals surface area contributed by atoms with Gasteiger partial charge in [0.2, 0.25) is 5.95 Å². The zero-order valence-electron chi connectivity index (χ0n) is 11.9. The van der Waals surface area contributed by atoms with E-state index in [9.17, 15) is 0 Å². The van der Waals surface area contributed by atoms with Gasteiger partial charge in [0.25, 0.3) is 0 Å². The Morgan fingerprint density at radius 1 is 0.952 bits per heavy atom. The molecule has 3 rings (SSSR count). The fraction of sp³-hybridized carbons (Fsp3) is 0.188. The second kappa shape index (κ2) is 5.75. The molecule has 0 amide bonds. The Hall–Kier alpha value is -2.69. The number of nitrogen functional groups attached to an aromatic ring is 1. The molecule has 0 unspecified atom stereocenters. The van der Waals surface area contributed by atoms with Gasteiger partial charge in [-0.05, 0) is 30.7 Å². The molecule has 0 aliphatic carbocycles. The van der Waals surface area contributed by atoms with Crippen LogP contribution in [-0.2, 0) is 6.54 Å². The minimum Gasteiger partial charge on any atom is -0.398 e. The maximum absolute atomic E-state index is 6.01. The smallest absolute Gasteiger partial charge is 0.246 e. The van der Waals surface area contributed by atoms with Crippen LogP contribution in [0.1, 0.15) is 12.5 Å². The minimum absolute atomic E-state index is 0.624. The molecule has 0 spiro atoms. The monoisotopic (exact) mass is 279 g/mol. The van der Waals surface area contributed by atoms with Crippen molar-refractivity contribution in [2.75, 3.05) is 17.2 Å². The van der Waals surface area contributed by atoms with E-state index in [1.165, 1.54) is 0 Å². The van der Waals surface area contributed by atoms with Crippen LogP contribution in [0, 0.1) is 0 Å². The molecule has 5 heteroatoms. The summed E-state index contributed by atoms with van der Waals surface area (Å²) in [6.45, 7) is 3.52. The van der Waals surface area contributed by atoms with E-state index in [0.717, 1.165) is 28.8 Å². The number of nitrogens with two attached hydrogens (primary N) is 1. The standard InChI is InChI=1S/C16H17N5/c1-2-21(11-12-7-3-4-8-13(12)17)16-18-14-9-5-6-10-15(14)19-20-16/h3-10H,2,11,17H2,1H3.